The average Bonchev–Trinajstić information content (AvgIpc) is 3.20. The third-order valence-corrected chi connectivity index (χ3v) is 7.33. The monoisotopic (exact) mass is 449 g/mol. The summed E-state index contributed by atoms with van der Waals surface area (Å²) in [6, 6.07) is 15.9. The number of hydrogen-bond acceptors (Lipinski definition) is 2. The van der Waals surface area contributed by atoms with Crippen molar-refractivity contribution in [3.63, 3.8) is 0 Å². The zero-order chi connectivity index (χ0) is 23.1. The van der Waals surface area contributed by atoms with Gasteiger partial charge in [0.25, 0.3) is 5.91 Å². The van der Waals surface area contributed by atoms with E-state index in [1.54, 1.807) is 6.07 Å². The van der Waals surface area contributed by atoms with Crippen LogP contribution in [-0.2, 0) is 23.8 Å². The van der Waals surface area contributed by atoms with Gasteiger partial charge in [0.1, 0.15) is 5.76 Å². The fourth-order valence-corrected chi connectivity index (χ4v) is 4.85. The summed E-state index contributed by atoms with van der Waals surface area (Å²) in [5.41, 5.74) is 6.69. The second-order valence-electron chi connectivity index (χ2n) is 10.3. The number of amides is 1. The summed E-state index contributed by atoms with van der Waals surface area (Å²) in [7, 11) is 0. The summed E-state index contributed by atoms with van der Waals surface area (Å²) in [5, 5.41) is 3.53. The van der Waals surface area contributed by atoms with Crippen molar-refractivity contribution in [2.75, 3.05) is 0 Å². The molecule has 3 nitrogen and oxygen atoms in total. The first-order valence-electron chi connectivity index (χ1n) is 11.3. The molecule has 0 radical (unpaired) electrons. The molecule has 4 rings (SSSR count). The van der Waals surface area contributed by atoms with Gasteiger partial charge in [0, 0.05) is 18.0 Å². The van der Waals surface area contributed by atoms with E-state index in [1.165, 1.54) is 35.1 Å². The number of hydrogen-bond donors (Lipinski definition) is 1. The van der Waals surface area contributed by atoms with Gasteiger partial charge in [-0.3, -0.25) is 4.79 Å². The van der Waals surface area contributed by atoms with Crippen molar-refractivity contribution in [2.24, 2.45) is 0 Å². The molecule has 0 aliphatic heterocycles. The predicted octanol–water partition coefficient (Wildman–Crippen LogP) is 7.11. The van der Waals surface area contributed by atoms with Crippen LogP contribution in [0.5, 0.6) is 0 Å². The normalized spacial score (nSPS) is 16.4. The lowest BCUT2D eigenvalue weighted by Crippen LogP contribution is -2.34. The molecule has 2 aromatic carbocycles. The van der Waals surface area contributed by atoms with Crippen molar-refractivity contribution in [1.29, 1.82) is 0 Å². The van der Waals surface area contributed by atoms with E-state index in [0.717, 1.165) is 11.3 Å². The van der Waals surface area contributed by atoms with Crippen LogP contribution in [0.2, 0.25) is 5.02 Å². The van der Waals surface area contributed by atoms with E-state index in [0.29, 0.717) is 23.7 Å². The SMILES string of the molecule is Cc1cc2c(cc1Cc1ccc(C(=O)NCc3ccccc3Cl)o1)C(C)(C)CCC2(C)C. The molecule has 32 heavy (non-hydrogen) atoms. The van der Waals surface area contributed by atoms with Gasteiger partial charge in [-0.25, -0.2) is 0 Å². The maximum Gasteiger partial charge on any atom is 0.287 e. The topological polar surface area (TPSA) is 42.2 Å². The smallest absolute Gasteiger partial charge is 0.287 e. The largest absolute Gasteiger partial charge is 0.456 e. The van der Waals surface area contributed by atoms with Gasteiger partial charge in [-0.1, -0.05) is 69.6 Å². The molecule has 1 heterocycles. The van der Waals surface area contributed by atoms with E-state index in [9.17, 15) is 4.79 Å². The molecule has 0 bridgehead atoms. The number of fused-ring (bicyclic) bond motifs is 1. The Bertz CT molecular complexity index is 1160. The van der Waals surface area contributed by atoms with Crippen LogP contribution in [0.15, 0.2) is 52.9 Å². The molecular formula is C28H32ClNO2. The molecule has 1 aliphatic carbocycles. The first-order chi connectivity index (χ1) is 15.1. The maximum absolute atomic E-state index is 12.6. The van der Waals surface area contributed by atoms with Gasteiger partial charge in [0.15, 0.2) is 5.76 Å². The van der Waals surface area contributed by atoms with Crippen LogP contribution in [0.1, 0.15) is 84.7 Å². The zero-order valence-electron chi connectivity index (χ0n) is 19.6. The second kappa shape index (κ2) is 8.44. The molecule has 1 aromatic heterocycles. The number of carbonyl (C=O) groups is 1. The molecular weight excluding hydrogens is 418 g/mol. The molecule has 168 valence electrons. The standard InChI is InChI=1S/C28H32ClNO2/c1-18-14-22-23(28(4,5)13-12-27(22,2)3)16-20(18)15-21-10-11-25(32-21)26(31)30-17-19-8-6-7-9-24(19)29/h6-11,14,16H,12-13,15,17H2,1-5H3,(H,30,31). The lowest BCUT2D eigenvalue weighted by Gasteiger charge is -2.42. The fraction of sp³-hybridized carbons (Fsp3) is 0.393. The Kier molecular flexibility index (Phi) is 5.98. The van der Waals surface area contributed by atoms with Crippen LogP contribution in [0.25, 0.3) is 0 Å². The molecule has 0 saturated heterocycles. The van der Waals surface area contributed by atoms with Crippen molar-refractivity contribution in [1.82, 2.24) is 5.32 Å². The third kappa shape index (κ3) is 4.49. The minimum atomic E-state index is -0.235. The lowest BCUT2D eigenvalue weighted by atomic mass is 9.62. The summed E-state index contributed by atoms with van der Waals surface area (Å²) < 4.78 is 5.91. The molecule has 4 heteroatoms. The van der Waals surface area contributed by atoms with E-state index in [2.05, 4.69) is 52.1 Å². The Labute approximate surface area is 196 Å². The molecule has 1 aliphatic rings. The number of rotatable bonds is 5. The molecule has 0 unspecified atom stereocenters. The van der Waals surface area contributed by atoms with Crippen LogP contribution in [0.3, 0.4) is 0 Å². The van der Waals surface area contributed by atoms with Gasteiger partial charge >= 0.3 is 0 Å². The number of carbonyl (C=O) groups excluding carboxylic acids is 1. The highest BCUT2D eigenvalue weighted by atomic mass is 35.5. The second-order valence-corrected chi connectivity index (χ2v) is 10.7. The summed E-state index contributed by atoms with van der Waals surface area (Å²) in [6.45, 7) is 11.9. The molecule has 0 fully saturated rings. The third-order valence-electron chi connectivity index (χ3n) is 6.96. The zero-order valence-corrected chi connectivity index (χ0v) is 20.4. The van der Waals surface area contributed by atoms with Gasteiger partial charge in [0.2, 0.25) is 0 Å². The highest BCUT2D eigenvalue weighted by Gasteiger charge is 2.37. The highest BCUT2D eigenvalue weighted by molar-refractivity contribution is 6.31. The Balaban J connectivity index is 1.51. The summed E-state index contributed by atoms with van der Waals surface area (Å²) in [4.78, 5) is 12.6. The first kappa shape index (κ1) is 22.7. The molecule has 0 spiro atoms. The van der Waals surface area contributed by atoms with Crippen LogP contribution >= 0.6 is 11.6 Å². The van der Waals surface area contributed by atoms with E-state index in [4.69, 9.17) is 16.0 Å². The summed E-state index contributed by atoms with van der Waals surface area (Å²) in [5.74, 6) is 0.883. The van der Waals surface area contributed by atoms with E-state index in [1.807, 2.05) is 30.3 Å². The number of benzene rings is 2. The average molecular weight is 450 g/mol. The van der Waals surface area contributed by atoms with Crippen molar-refractivity contribution in [2.45, 2.75) is 71.3 Å². The van der Waals surface area contributed by atoms with Crippen LogP contribution in [-0.4, -0.2) is 5.91 Å². The maximum atomic E-state index is 12.6. The minimum Gasteiger partial charge on any atom is -0.456 e. The van der Waals surface area contributed by atoms with Gasteiger partial charge in [-0.2, -0.15) is 0 Å². The first-order valence-corrected chi connectivity index (χ1v) is 11.7. The van der Waals surface area contributed by atoms with Crippen LogP contribution in [0, 0.1) is 6.92 Å². The van der Waals surface area contributed by atoms with E-state index >= 15 is 0 Å². The van der Waals surface area contributed by atoms with Crippen LogP contribution < -0.4 is 5.32 Å². The number of nitrogens with one attached hydrogen (secondary N) is 1. The number of halogens is 1. The Hall–Kier alpha value is -2.52. The Morgan fingerprint density at radius 1 is 0.969 bits per heavy atom. The fourth-order valence-electron chi connectivity index (χ4n) is 4.64. The Morgan fingerprint density at radius 3 is 2.31 bits per heavy atom. The van der Waals surface area contributed by atoms with Crippen molar-refractivity contribution >= 4 is 17.5 Å². The molecule has 1 amide bonds. The molecule has 0 saturated carbocycles. The predicted molar refractivity (Wildman–Crippen MR) is 131 cm³/mol. The van der Waals surface area contributed by atoms with Crippen molar-refractivity contribution < 1.29 is 9.21 Å². The van der Waals surface area contributed by atoms with E-state index < -0.39 is 0 Å². The Morgan fingerprint density at radius 2 is 1.62 bits per heavy atom. The minimum absolute atomic E-state index is 0.167. The molecule has 1 N–H and O–H groups in total. The van der Waals surface area contributed by atoms with Gasteiger partial charge in [-0.05, 0) is 76.6 Å². The molecule has 0 atom stereocenters. The molecule has 3 aromatic rings. The van der Waals surface area contributed by atoms with Crippen LogP contribution in [0.4, 0.5) is 0 Å². The van der Waals surface area contributed by atoms with Gasteiger partial charge in [-0.15, -0.1) is 0 Å². The lowest BCUT2D eigenvalue weighted by molar-refractivity contribution is 0.0921. The summed E-state index contributed by atoms with van der Waals surface area (Å²) >= 11 is 6.18. The van der Waals surface area contributed by atoms with Gasteiger partial charge in [0.05, 0.1) is 0 Å². The highest BCUT2D eigenvalue weighted by Crippen LogP contribution is 2.46. The van der Waals surface area contributed by atoms with Crippen molar-refractivity contribution in [3.8, 4) is 0 Å². The van der Waals surface area contributed by atoms with Crippen molar-refractivity contribution in [3.05, 3.63) is 92.9 Å². The van der Waals surface area contributed by atoms with E-state index in [-0.39, 0.29) is 16.7 Å². The quantitative estimate of drug-likeness (QED) is 0.450. The number of furan rings is 1. The van der Waals surface area contributed by atoms with Gasteiger partial charge < -0.3 is 9.73 Å². The summed E-state index contributed by atoms with van der Waals surface area (Å²) in [6.07, 6.45) is 3.07. The number of aryl methyl sites for hydroxylation is 1.